The Bertz CT molecular complexity index is 688. The molecule has 0 aliphatic carbocycles. The number of aliphatic hydroxyl groups is 1. The summed E-state index contributed by atoms with van der Waals surface area (Å²) in [4.78, 5) is 26.6. The fourth-order valence-electron chi connectivity index (χ4n) is 3.55. The zero-order valence-corrected chi connectivity index (χ0v) is 12.5. The van der Waals surface area contributed by atoms with Crippen LogP contribution in [0.2, 0.25) is 0 Å². The van der Waals surface area contributed by atoms with Crippen molar-refractivity contribution in [3.05, 3.63) is 40.9 Å². The second kappa shape index (κ2) is 4.25. The number of carbonyl (C=O) groups is 2. The van der Waals surface area contributed by atoms with Gasteiger partial charge in [-0.3, -0.25) is 9.59 Å². The van der Waals surface area contributed by atoms with Gasteiger partial charge in [-0.05, 0) is 18.2 Å². The van der Waals surface area contributed by atoms with Crippen molar-refractivity contribution in [2.45, 2.75) is 11.7 Å². The van der Waals surface area contributed by atoms with Crippen LogP contribution in [-0.2, 0) is 14.3 Å². The van der Waals surface area contributed by atoms with Crippen molar-refractivity contribution < 1.29 is 19.4 Å². The molecule has 0 spiro atoms. The molecule has 1 aromatic carbocycles. The molecule has 21 heavy (non-hydrogen) atoms. The molecule has 6 heteroatoms. The normalized spacial score (nSPS) is 36.7. The highest BCUT2D eigenvalue weighted by molar-refractivity contribution is 9.10. The number of fused-ring (bicyclic) bond motifs is 5. The van der Waals surface area contributed by atoms with E-state index in [9.17, 15) is 14.7 Å². The third kappa shape index (κ3) is 1.58. The lowest BCUT2D eigenvalue weighted by molar-refractivity contribution is -0.128. The number of ether oxygens (including phenoxy) is 1. The van der Waals surface area contributed by atoms with Crippen LogP contribution >= 0.6 is 15.9 Å². The summed E-state index contributed by atoms with van der Waals surface area (Å²) in [5.41, 5.74) is -0.496. The summed E-state index contributed by atoms with van der Waals surface area (Å²) in [5.74, 6) is -1.73. The predicted molar refractivity (Wildman–Crippen MR) is 77.4 cm³/mol. The number of hydrogen-bond acceptors (Lipinski definition) is 4. The SMILES string of the molecule is O=C1[C@H]2[C@@H](C(=O)N1c1cccc(Br)c1)[C@]1(CO)C=C[C@H]2O1. The first-order chi connectivity index (χ1) is 10.1. The van der Waals surface area contributed by atoms with Gasteiger partial charge in [0.1, 0.15) is 5.60 Å². The first-order valence-corrected chi connectivity index (χ1v) is 7.48. The van der Waals surface area contributed by atoms with E-state index in [2.05, 4.69) is 15.9 Å². The topological polar surface area (TPSA) is 66.8 Å². The Hall–Kier alpha value is -1.50. The van der Waals surface area contributed by atoms with E-state index in [1.807, 2.05) is 6.07 Å². The van der Waals surface area contributed by atoms with E-state index in [-0.39, 0.29) is 18.4 Å². The van der Waals surface area contributed by atoms with E-state index in [1.54, 1.807) is 30.4 Å². The highest BCUT2D eigenvalue weighted by Crippen LogP contribution is 2.52. The third-order valence-electron chi connectivity index (χ3n) is 4.47. The lowest BCUT2D eigenvalue weighted by Crippen LogP contribution is -2.43. The second-order valence-corrected chi connectivity index (χ2v) is 6.47. The van der Waals surface area contributed by atoms with Crippen LogP contribution in [0.4, 0.5) is 5.69 Å². The number of nitrogens with zero attached hydrogens (tertiary/aromatic N) is 1. The van der Waals surface area contributed by atoms with E-state index >= 15 is 0 Å². The van der Waals surface area contributed by atoms with Gasteiger partial charge >= 0.3 is 0 Å². The molecule has 2 bridgehead atoms. The standard InChI is InChI=1S/C15H12BrNO4/c16-8-2-1-3-9(6-8)17-13(19)11-10-4-5-15(7-18,21-10)12(11)14(17)20/h1-6,10-12,18H,7H2/t10-,11-,12+,15-/m1/s1. The number of benzene rings is 1. The third-order valence-corrected chi connectivity index (χ3v) is 4.96. The monoisotopic (exact) mass is 349 g/mol. The van der Waals surface area contributed by atoms with Crippen molar-refractivity contribution in [2.75, 3.05) is 11.5 Å². The highest BCUT2D eigenvalue weighted by Gasteiger charge is 2.67. The van der Waals surface area contributed by atoms with Gasteiger partial charge in [-0.1, -0.05) is 34.1 Å². The van der Waals surface area contributed by atoms with Crippen molar-refractivity contribution in [2.24, 2.45) is 11.8 Å². The zero-order valence-electron chi connectivity index (χ0n) is 10.9. The molecule has 0 saturated carbocycles. The molecule has 0 unspecified atom stereocenters. The molecule has 0 aromatic heterocycles. The molecular weight excluding hydrogens is 338 g/mol. The lowest BCUT2D eigenvalue weighted by Gasteiger charge is -2.26. The number of anilines is 1. The van der Waals surface area contributed by atoms with Crippen molar-refractivity contribution in [1.29, 1.82) is 0 Å². The summed E-state index contributed by atoms with van der Waals surface area (Å²) in [6, 6.07) is 7.07. The van der Waals surface area contributed by atoms with Crippen LogP contribution in [0.1, 0.15) is 0 Å². The Balaban J connectivity index is 1.79. The quantitative estimate of drug-likeness (QED) is 0.644. The Kier molecular flexibility index (Phi) is 2.67. The molecule has 3 aliphatic rings. The van der Waals surface area contributed by atoms with E-state index in [0.29, 0.717) is 5.69 Å². The van der Waals surface area contributed by atoms with E-state index in [4.69, 9.17) is 4.74 Å². The summed E-state index contributed by atoms with van der Waals surface area (Å²) in [6.07, 6.45) is 3.07. The van der Waals surface area contributed by atoms with Gasteiger partial charge in [-0.25, -0.2) is 4.90 Å². The van der Waals surface area contributed by atoms with Crippen LogP contribution < -0.4 is 4.90 Å². The molecule has 0 radical (unpaired) electrons. The van der Waals surface area contributed by atoms with Gasteiger partial charge in [0, 0.05) is 4.47 Å². The van der Waals surface area contributed by atoms with Gasteiger partial charge in [0.25, 0.3) is 0 Å². The molecule has 4 rings (SSSR count). The summed E-state index contributed by atoms with van der Waals surface area (Å²) in [5, 5.41) is 9.63. The lowest BCUT2D eigenvalue weighted by atomic mass is 9.77. The minimum atomic E-state index is -1.04. The maximum atomic E-state index is 12.7. The second-order valence-electron chi connectivity index (χ2n) is 5.55. The average molecular weight is 350 g/mol. The molecular formula is C15H12BrNO4. The maximum Gasteiger partial charge on any atom is 0.241 e. The van der Waals surface area contributed by atoms with Crippen molar-refractivity contribution in [3.63, 3.8) is 0 Å². The van der Waals surface area contributed by atoms with Gasteiger partial charge in [0.15, 0.2) is 0 Å². The molecule has 3 aliphatic heterocycles. The van der Waals surface area contributed by atoms with Gasteiger partial charge in [-0.2, -0.15) is 0 Å². The fourth-order valence-corrected chi connectivity index (χ4v) is 3.94. The Morgan fingerprint density at radius 3 is 2.86 bits per heavy atom. The van der Waals surface area contributed by atoms with Crippen LogP contribution in [0.3, 0.4) is 0 Å². The van der Waals surface area contributed by atoms with Crippen LogP contribution in [-0.4, -0.2) is 35.2 Å². The smallest absolute Gasteiger partial charge is 0.241 e. The molecule has 2 saturated heterocycles. The van der Waals surface area contributed by atoms with Gasteiger partial charge in [0.2, 0.25) is 11.8 Å². The molecule has 108 valence electrons. The van der Waals surface area contributed by atoms with Gasteiger partial charge in [0.05, 0.1) is 30.2 Å². The Morgan fingerprint density at radius 2 is 2.14 bits per heavy atom. The molecule has 4 atom stereocenters. The molecule has 2 fully saturated rings. The van der Waals surface area contributed by atoms with Gasteiger partial charge < -0.3 is 9.84 Å². The van der Waals surface area contributed by atoms with Crippen LogP contribution in [0.15, 0.2) is 40.9 Å². The number of hydrogen-bond donors (Lipinski definition) is 1. The predicted octanol–water partition coefficient (Wildman–Crippen LogP) is 1.25. The molecule has 3 heterocycles. The van der Waals surface area contributed by atoms with E-state index in [0.717, 1.165) is 4.47 Å². The molecule has 1 N–H and O–H groups in total. The highest BCUT2D eigenvalue weighted by atomic mass is 79.9. The van der Waals surface area contributed by atoms with Crippen LogP contribution in [0, 0.1) is 11.8 Å². The first kappa shape index (κ1) is 13.2. The Morgan fingerprint density at radius 1 is 1.33 bits per heavy atom. The summed E-state index contributed by atoms with van der Waals surface area (Å²) in [6.45, 7) is -0.299. The number of rotatable bonds is 2. The van der Waals surface area contributed by atoms with Crippen LogP contribution in [0.5, 0.6) is 0 Å². The van der Waals surface area contributed by atoms with Crippen LogP contribution in [0.25, 0.3) is 0 Å². The summed E-state index contributed by atoms with van der Waals surface area (Å²) in [7, 11) is 0. The maximum absolute atomic E-state index is 12.7. The number of aliphatic hydroxyl groups excluding tert-OH is 1. The average Bonchev–Trinajstić information content (AvgIpc) is 3.10. The van der Waals surface area contributed by atoms with Crippen molar-refractivity contribution in [1.82, 2.24) is 0 Å². The summed E-state index contributed by atoms with van der Waals surface area (Å²) < 4.78 is 6.48. The van der Waals surface area contributed by atoms with Crippen molar-refractivity contribution in [3.8, 4) is 0 Å². The molecule has 5 nitrogen and oxygen atoms in total. The zero-order chi connectivity index (χ0) is 14.8. The largest absolute Gasteiger partial charge is 0.393 e. The fraction of sp³-hybridized carbons (Fsp3) is 0.333. The minimum Gasteiger partial charge on any atom is -0.393 e. The number of imide groups is 1. The number of carbonyl (C=O) groups excluding carboxylic acids is 2. The number of amides is 2. The van der Waals surface area contributed by atoms with E-state index in [1.165, 1.54) is 4.90 Å². The van der Waals surface area contributed by atoms with Crippen molar-refractivity contribution >= 4 is 33.4 Å². The molecule has 1 aromatic rings. The summed E-state index contributed by atoms with van der Waals surface area (Å²) >= 11 is 3.34. The Labute approximate surface area is 129 Å². The minimum absolute atomic E-state index is 0.257. The number of halogens is 1. The first-order valence-electron chi connectivity index (χ1n) is 6.69. The molecule has 2 amide bonds. The van der Waals surface area contributed by atoms with E-state index < -0.39 is 23.5 Å². The van der Waals surface area contributed by atoms with Gasteiger partial charge in [-0.15, -0.1) is 0 Å².